The van der Waals surface area contributed by atoms with Gasteiger partial charge in [-0.3, -0.25) is 14.4 Å². The number of alkyl halides is 1. The fraction of sp³-hybridized carbons (Fsp3) is 0.594. The van der Waals surface area contributed by atoms with Gasteiger partial charge in [-0.25, -0.2) is 0 Å². The molecule has 1 aromatic rings. The Morgan fingerprint density at radius 1 is 1.20 bits per heavy atom. The van der Waals surface area contributed by atoms with Crippen LogP contribution in [-0.4, -0.2) is 87.5 Å². The fourth-order valence-electron chi connectivity index (χ4n) is 7.01. The Hall–Kier alpha value is -2.49. The Morgan fingerprint density at radius 3 is 2.46 bits per heavy atom. The Labute approximate surface area is 252 Å². The second kappa shape index (κ2) is 13.2. The van der Waals surface area contributed by atoms with Crippen molar-refractivity contribution in [2.24, 2.45) is 17.8 Å². The van der Waals surface area contributed by atoms with Crippen LogP contribution in [0.1, 0.15) is 46.5 Å². The summed E-state index contributed by atoms with van der Waals surface area (Å²) in [6, 6.07) is 7.80. The van der Waals surface area contributed by atoms with Gasteiger partial charge in [0.1, 0.15) is 11.6 Å². The summed E-state index contributed by atoms with van der Waals surface area (Å²) in [5, 5.41) is 10.6. The van der Waals surface area contributed by atoms with E-state index in [2.05, 4.69) is 36.0 Å². The fourth-order valence-corrected chi connectivity index (χ4v) is 7.95. The number of aliphatic hydroxyl groups excluding tert-OH is 1. The lowest BCUT2D eigenvalue weighted by molar-refractivity contribution is -0.152. The predicted molar refractivity (Wildman–Crippen MR) is 164 cm³/mol. The number of carbonyl (C=O) groups is 3. The third kappa shape index (κ3) is 5.41. The molecule has 3 unspecified atom stereocenters. The van der Waals surface area contributed by atoms with Crippen LogP contribution in [0.4, 0.5) is 5.69 Å². The molecular weight excluding hydrogens is 586 g/mol. The molecule has 1 spiro atoms. The number of fused-ring (bicyclic) bond motifs is 1. The number of para-hydroxylation sites is 1. The molecule has 3 aliphatic heterocycles. The van der Waals surface area contributed by atoms with Crippen molar-refractivity contribution in [2.45, 2.75) is 75.1 Å². The maximum atomic E-state index is 14.6. The van der Waals surface area contributed by atoms with E-state index in [1.54, 1.807) is 26.9 Å². The lowest BCUT2D eigenvalue weighted by Gasteiger charge is -2.41. The van der Waals surface area contributed by atoms with Crippen LogP contribution in [0, 0.1) is 17.8 Å². The molecule has 1 aromatic carbocycles. The molecule has 0 aromatic heterocycles. The Balaban J connectivity index is 1.83. The molecule has 3 saturated heterocycles. The van der Waals surface area contributed by atoms with Crippen molar-refractivity contribution in [3.05, 3.63) is 55.6 Å². The maximum absolute atomic E-state index is 14.6. The molecular formula is C32H44BrN3O5. The molecule has 4 rings (SSSR count). The lowest BCUT2D eigenvalue weighted by Crippen LogP contribution is -2.60. The van der Waals surface area contributed by atoms with E-state index < -0.39 is 35.6 Å². The van der Waals surface area contributed by atoms with Crippen LogP contribution in [0.25, 0.3) is 0 Å². The Kier molecular flexibility index (Phi) is 10.1. The minimum atomic E-state index is -1.18. The number of rotatable bonds is 14. The number of unbranched alkanes of at least 4 members (excludes halogenated alkanes) is 1. The van der Waals surface area contributed by atoms with Gasteiger partial charge in [-0.15, -0.1) is 13.2 Å². The molecule has 8 nitrogen and oxygen atoms in total. The van der Waals surface area contributed by atoms with Gasteiger partial charge in [0.25, 0.3) is 0 Å². The molecule has 3 amide bonds. The van der Waals surface area contributed by atoms with E-state index in [1.165, 1.54) is 0 Å². The van der Waals surface area contributed by atoms with Gasteiger partial charge in [0.05, 0.1) is 30.6 Å². The standard InChI is InChI=1S/C32H44BrN3O5/c1-6-10-18-34(16-7-2)31(40)28-32-19-23(33)27(41-32)25(26(32)30(39)36(28)24(20-37)21(5)9-4)29(38)35(17-8-3)22-14-12-11-13-15-22/h7-8,11-15,21,23-28,37H,2-3,6,9-10,16-20H2,1,4-5H3/t21-,23?,24-,25-,26-,27-,28?,32?/m0/s1. The third-order valence-corrected chi connectivity index (χ3v) is 10.0. The summed E-state index contributed by atoms with van der Waals surface area (Å²) in [6.07, 6.45) is 5.66. The van der Waals surface area contributed by atoms with E-state index in [-0.39, 0.29) is 41.6 Å². The molecule has 224 valence electrons. The molecule has 8 atom stereocenters. The second-order valence-electron chi connectivity index (χ2n) is 11.5. The molecule has 3 heterocycles. The number of hydrogen-bond donors (Lipinski definition) is 1. The van der Waals surface area contributed by atoms with Crippen LogP contribution in [0.5, 0.6) is 0 Å². The zero-order valence-corrected chi connectivity index (χ0v) is 26.0. The number of benzene rings is 1. The van der Waals surface area contributed by atoms with Crippen LogP contribution in [-0.2, 0) is 19.1 Å². The summed E-state index contributed by atoms with van der Waals surface area (Å²) in [7, 11) is 0. The summed E-state index contributed by atoms with van der Waals surface area (Å²) in [4.78, 5) is 48.2. The van der Waals surface area contributed by atoms with Gasteiger partial charge in [0.15, 0.2) is 0 Å². The van der Waals surface area contributed by atoms with E-state index >= 15 is 0 Å². The smallest absolute Gasteiger partial charge is 0.248 e. The number of aliphatic hydroxyl groups is 1. The zero-order valence-electron chi connectivity index (χ0n) is 24.5. The van der Waals surface area contributed by atoms with Gasteiger partial charge in [-0.2, -0.15) is 0 Å². The highest BCUT2D eigenvalue weighted by molar-refractivity contribution is 9.09. The molecule has 1 N–H and O–H groups in total. The SMILES string of the molecule is C=CCN(CCCC)C(=O)C1N([C@@H](CO)[C@@H](C)CC)C(=O)[C@@H]2[C@H](C(=O)N(CC=C)c3ccccc3)[C@H]3OC12CC3Br. The predicted octanol–water partition coefficient (Wildman–Crippen LogP) is 4.18. The Bertz CT molecular complexity index is 1130. The monoisotopic (exact) mass is 629 g/mol. The van der Waals surface area contributed by atoms with Gasteiger partial charge in [0, 0.05) is 30.1 Å². The van der Waals surface area contributed by atoms with E-state index in [4.69, 9.17) is 4.74 Å². The Morgan fingerprint density at radius 2 is 1.88 bits per heavy atom. The summed E-state index contributed by atoms with van der Waals surface area (Å²) in [5.74, 6) is -2.42. The first-order valence-corrected chi connectivity index (χ1v) is 15.8. The van der Waals surface area contributed by atoms with E-state index in [0.717, 1.165) is 12.8 Å². The first kappa shape index (κ1) is 31.4. The normalized spacial score (nSPS) is 29.6. The van der Waals surface area contributed by atoms with E-state index in [1.807, 2.05) is 44.2 Å². The van der Waals surface area contributed by atoms with Gasteiger partial charge >= 0.3 is 0 Å². The number of anilines is 1. The van der Waals surface area contributed by atoms with Crippen molar-refractivity contribution in [3.8, 4) is 0 Å². The van der Waals surface area contributed by atoms with Gasteiger partial charge in [-0.05, 0) is 30.9 Å². The van der Waals surface area contributed by atoms with Crippen LogP contribution in [0.2, 0.25) is 0 Å². The maximum Gasteiger partial charge on any atom is 0.248 e. The van der Waals surface area contributed by atoms with Crippen LogP contribution in [0.15, 0.2) is 55.6 Å². The molecule has 2 bridgehead atoms. The highest BCUT2D eigenvalue weighted by Gasteiger charge is 2.77. The third-order valence-electron chi connectivity index (χ3n) is 9.18. The molecule has 0 radical (unpaired) electrons. The first-order valence-electron chi connectivity index (χ1n) is 14.8. The molecule has 3 fully saturated rings. The van der Waals surface area contributed by atoms with E-state index in [0.29, 0.717) is 31.6 Å². The lowest BCUT2D eigenvalue weighted by atomic mass is 9.70. The number of hydrogen-bond acceptors (Lipinski definition) is 5. The van der Waals surface area contributed by atoms with Crippen molar-refractivity contribution in [1.29, 1.82) is 0 Å². The number of likely N-dealkylation sites (tertiary alicyclic amines) is 1. The number of amides is 3. The average Bonchev–Trinajstić information content (AvgIpc) is 3.57. The molecule has 0 aliphatic carbocycles. The topological polar surface area (TPSA) is 90.4 Å². The van der Waals surface area contributed by atoms with Crippen molar-refractivity contribution >= 4 is 39.3 Å². The highest BCUT2D eigenvalue weighted by atomic mass is 79.9. The highest BCUT2D eigenvalue weighted by Crippen LogP contribution is 2.61. The summed E-state index contributed by atoms with van der Waals surface area (Å²) < 4.78 is 6.73. The minimum Gasteiger partial charge on any atom is -0.394 e. The quantitative estimate of drug-likeness (QED) is 0.246. The van der Waals surface area contributed by atoms with Gasteiger partial charge < -0.3 is 24.5 Å². The molecule has 41 heavy (non-hydrogen) atoms. The zero-order chi connectivity index (χ0) is 29.9. The second-order valence-corrected chi connectivity index (χ2v) is 12.7. The number of halogens is 1. The van der Waals surface area contributed by atoms with Crippen LogP contribution >= 0.6 is 15.9 Å². The van der Waals surface area contributed by atoms with E-state index in [9.17, 15) is 19.5 Å². The van der Waals surface area contributed by atoms with Crippen molar-refractivity contribution in [1.82, 2.24) is 9.80 Å². The largest absolute Gasteiger partial charge is 0.394 e. The molecule has 9 heteroatoms. The van der Waals surface area contributed by atoms with Crippen molar-refractivity contribution < 1.29 is 24.2 Å². The van der Waals surface area contributed by atoms with Gasteiger partial charge in [0.2, 0.25) is 17.7 Å². The van der Waals surface area contributed by atoms with Crippen molar-refractivity contribution in [2.75, 3.05) is 31.1 Å². The molecule has 3 aliphatic rings. The van der Waals surface area contributed by atoms with Crippen molar-refractivity contribution in [3.63, 3.8) is 0 Å². The summed E-state index contributed by atoms with van der Waals surface area (Å²) in [6.45, 7) is 14.6. The number of carbonyl (C=O) groups excluding carboxylic acids is 3. The van der Waals surface area contributed by atoms with Crippen LogP contribution in [0.3, 0.4) is 0 Å². The van der Waals surface area contributed by atoms with Gasteiger partial charge in [-0.1, -0.05) is 79.9 Å². The number of nitrogens with zero attached hydrogens (tertiary/aromatic N) is 3. The minimum absolute atomic E-state index is 0.0642. The summed E-state index contributed by atoms with van der Waals surface area (Å²) in [5.41, 5.74) is -0.476. The number of ether oxygens (including phenoxy) is 1. The van der Waals surface area contributed by atoms with Crippen LogP contribution < -0.4 is 4.90 Å². The average molecular weight is 631 g/mol. The summed E-state index contributed by atoms with van der Waals surface area (Å²) >= 11 is 3.77. The first-order chi connectivity index (χ1) is 19.7. The molecule has 0 saturated carbocycles.